The van der Waals surface area contributed by atoms with Crippen molar-refractivity contribution in [3.05, 3.63) is 44.9 Å². The summed E-state index contributed by atoms with van der Waals surface area (Å²) in [4.78, 5) is 17.0. The first-order valence-corrected chi connectivity index (χ1v) is 10.7. The van der Waals surface area contributed by atoms with Gasteiger partial charge in [-0.15, -0.1) is 11.3 Å². The molecule has 1 heterocycles. The van der Waals surface area contributed by atoms with E-state index in [1.807, 2.05) is 0 Å². The SMILES string of the molecule is CCS(=O)(=O)CCNC(=O)c1sc(COc2ccc(Cl)cc2)nc1C. The fourth-order valence-electron chi connectivity index (χ4n) is 1.95. The Bertz CT molecular complexity index is 832. The van der Waals surface area contributed by atoms with E-state index in [4.69, 9.17) is 16.3 Å². The quantitative estimate of drug-likeness (QED) is 0.733. The third-order valence-corrected chi connectivity index (χ3v) is 6.45. The molecule has 0 saturated carbocycles. The van der Waals surface area contributed by atoms with Gasteiger partial charge in [0, 0.05) is 17.3 Å². The zero-order chi connectivity index (χ0) is 18.4. The number of aryl methyl sites for hydroxylation is 1. The summed E-state index contributed by atoms with van der Waals surface area (Å²) in [5.74, 6) is 0.334. The number of carbonyl (C=O) groups is 1. The number of rotatable bonds is 8. The van der Waals surface area contributed by atoms with Crippen LogP contribution in [0.2, 0.25) is 5.02 Å². The molecule has 1 amide bonds. The van der Waals surface area contributed by atoms with Gasteiger partial charge in [-0.05, 0) is 31.2 Å². The zero-order valence-electron chi connectivity index (χ0n) is 13.9. The lowest BCUT2D eigenvalue weighted by Gasteiger charge is -2.04. The van der Waals surface area contributed by atoms with Gasteiger partial charge in [0.2, 0.25) is 0 Å². The highest BCUT2D eigenvalue weighted by molar-refractivity contribution is 7.91. The van der Waals surface area contributed by atoms with E-state index in [9.17, 15) is 13.2 Å². The highest BCUT2D eigenvalue weighted by Gasteiger charge is 2.16. The number of amides is 1. The number of nitrogens with zero attached hydrogens (tertiary/aromatic N) is 1. The summed E-state index contributed by atoms with van der Waals surface area (Å²) in [5, 5.41) is 3.91. The van der Waals surface area contributed by atoms with Gasteiger partial charge in [-0.25, -0.2) is 13.4 Å². The van der Waals surface area contributed by atoms with Crippen LogP contribution in [0, 0.1) is 6.92 Å². The van der Waals surface area contributed by atoms with Crippen molar-refractivity contribution in [1.29, 1.82) is 0 Å². The van der Waals surface area contributed by atoms with Crippen LogP contribution in [0.3, 0.4) is 0 Å². The van der Waals surface area contributed by atoms with Crippen LogP contribution in [0.1, 0.15) is 27.3 Å². The molecule has 136 valence electrons. The summed E-state index contributed by atoms with van der Waals surface area (Å²) in [6, 6.07) is 6.97. The molecule has 0 bridgehead atoms. The summed E-state index contributed by atoms with van der Waals surface area (Å²) >= 11 is 7.05. The van der Waals surface area contributed by atoms with Crippen LogP contribution < -0.4 is 10.1 Å². The molecule has 1 aromatic heterocycles. The van der Waals surface area contributed by atoms with E-state index < -0.39 is 9.84 Å². The number of thiazole rings is 1. The zero-order valence-corrected chi connectivity index (χ0v) is 16.3. The van der Waals surface area contributed by atoms with Crippen molar-refractivity contribution in [3.8, 4) is 5.75 Å². The van der Waals surface area contributed by atoms with Crippen LogP contribution in [0.5, 0.6) is 5.75 Å². The molecule has 0 unspecified atom stereocenters. The van der Waals surface area contributed by atoms with Crippen molar-refractivity contribution < 1.29 is 17.9 Å². The Kier molecular flexibility index (Phi) is 6.80. The number of halogens is 1. The molecule has 0 aliphatic heterocycles. The summed E-state index contributed by atoms with van der Waals surface area (Å²) in [6.07, 6.45) is 0. The molecule has 2 aromatic rings. The fraction of sp³-hybridized carbons (Fsp3) is 0.375. The van der Waals surface area contributed by atoms with Gasteiger partial charge in [0.1, 0.15) is 22.2 Å². The molecule has 6 nitrogen and oxygen atoms in total. The van der Waals surface area contributed by atoms with Crippen molar-refractivity contribution in [2.75, 3.05) is 18.1 Å². The molecule has 25 heavy (non-hydrogen) atoms. The number of aromatic nitrogens is 1. The molecule has 0 aliphatic carbocycles. The number of benzene rings is 1. The third kappa shape index (κ3) is 5.98. The largest absolute Gasteiger partial charge is 0.486 e. The maximum absolute atomic E-state index is 12.2. The van der Waals surface area contributed by atoms with Crippen LogP contribution in [0.4, 0.5) is 0 Å². The minimum Gasteiger partial charge on any atom is -0.486 e. The second-order valence-corrected chi connectivity index (χ2v) is 9.25. The molecular weight excluding hydrogens is 384 g/mol. The van der Waals surface area contributed by atoms with Gasteiger partial charge in [-0.2, -0.15) is 0 Å². The van der Waals surface area contributed by atoms with Crippen molar-refractivity contribution in [2.45, 2.75) is 20.5 Å². The first kappa shape index (κ1) is 19.7. The highest BCUT2D eigenvalue weighted by Crippen LogP contribution is 2.21. The number of hydrogen-bond donors (Lipinski definition) is 1. The summed E-state index contributed by atoms with van der Waals surface area (Å²) in [6.45, 7) is 3.64. The van der Waals surface area contributed by atoms with Gasteiger partial charge >= 0.3 is 0 Å². The Morgan fingerprint density at radius 3 is 2.64 bits per heavy atom. The Labute approximate surface area is 156 Å². The molecule has 9 heteroatoms. The second-order valence-electron chi connectivity index (χ2n) is 5.26. The molecule has 0 aliphatic rings. The lowest BCUT2D eigenvalue weighted by atomic mass is 10.3. The van der Waals surface area contributed by atoms with E-state index in [1.165, 1.54) is 11.3 Å². The van der Waals surface area contributed by atoms with E-state index in [-0.39, 0.29) is 30.6 Å². The maximum atomic E-state index is 12.2. The third-order valence-electron chi connectivity index (χ3n) is 3.36. The Morgan fingerprint density at radius 1 is 1.32 bits per heavy atom. The summed E-state index contributed by atoms with van der Waals surface area (Å²) in [5.41, 5.74) is 0.593. The number of sulfone groups is 1. The molecule has 1 N–H and O–H groups in total. The first-order chi connectivity index (χ1) is 11.8. The van der Waals surface area contributed by atoms with E-state index in [2.05, 4.69) is 10.3 Å². The van der Waals surface area contributed by atoms with Crippen LogP contribution >= 0.6 is 22.9 Å². The molecule has 0 fully saturated rings. The van der Waals surface area contributed by atoms with Gasteiger partial charge in [-0.1, -0.05) is 18.5 Å². The summed E-state index contributed by atoms with van der Waals surface area (Å²) in [7, 11) is -3.10. The predicted octanol–water partition coefficient (Wildman–Crippen LogP) is 2.85. The smallest absolute Gasteiger partial charge is 0.263 e. The fourth-order valence-corrected chi connectivity index (χ4v) is 3.67. The van der Waals surface area contributed by atoms with Crippen LogP contribution in [0.15, 0.2) is 24.3 Å². The molecule has 0 spiro atoms. The van der Waals surface area contributed by atoms with Crippen molar-refractivity contribution in [2.24, 2.45) is 0 Å². The van der Waals surface area contributed by atoms with Crippen LogP contribution in [-0.2, 0) is 16.4 Å². The van der Waals surface area contributed by atoms with Gasteiger partial charge < -0.3 is 10.1 Å². The van der Waals surface area contributed by atoms with Crippen molar-refractivity contribution >= 4 is 38.7 Å². The van der Waals surface area contributed by atoms with Crippen molar-refractivity contribution in [1.82, 2.24) is 10.3 Å². The van der Waals surface area contributed by atoms with Crippen molar-refractivity contribution in [3.63, 3.8) is 0 Å². The van der Waals surface area contributed by atoms with E-state index in [0.717, 1.165) is 0 Å². The van der Waals surface area contributed by atoms with Crippen LogP contribution in [-0.4, -0.2) is 37.4 Å². The van der Waals surface area contributed by atoms with E-state index >= 15 is 0 Å². The number of hydrogen-bond acceptors (Lipinski definition) is 6. The lowest BCUT2D eigenvalue weighted by Crippen LogP contribution is -2.29. The van der Waals surface area contributed by atoms with Crippen LogP contribution in [0.25, 0.3) is 0 Å². The van der Waals surface area contributed by atoms with E-state index in [1.54, 1.807) is 38.1 Å². The highest BCUT2D eigenvalue weighted by atomic mass is 35.5. The minimum absolute atomic E-state index is 0.0641. The number of carbonyl (C=O) groups excluding carboxylic acids is 1. The summed E-state index contributed by atoms with van der Waals surface area (Å²) < 4.78 is 28.5. The Hall–Kier alpha value is -1.64. The maximum Gasteiger partial charge on any atom is 0.263 e. The number of ether oxygens (including phenoxy) is 1. The predicted molar refractivity (Wildman–Crippen MR) is 99.3 cm³/mol. The average Bonchev–Trinajstić information content (AvgIpc) is 2.95. The molecule has 1 aromatic carbocycles. The molecule has 2 rings (SSSR count). The molecule has 0 radical (unpaired) electrons. The van der Waals surface area contributed by atoms with Gasteiger partial charge in [0.15, 0.2) is 9.84 Å². The molecule has 0 saturated heterocycles. The second kappa shape index (κ2) is 8.64. The Balaban J connectivity index is 1.92. The van der Waals surface area contributed by atoms with Gasteiger partial charge in [-0.3, -0.25) is 4.79 Å². The normalized spacial score (nSPS) is 11.3. The monoisotopic (exact) mass is 402 g/mol. The number of nitrogens with one attached hydrogen (secondary N) is 1. The topological polar surface area (TPSA) is 85.4 Å². The standard InChI is InChI=1S/C16H19ClN2O4S2/c1-3-25(21,22)9-8-18-16(20)15-11(2)19-14(24-15)10-23-13-6-4-12(17)5-7-13/h4-7H,3,8-10H2,1-2H3,(H,18,20). The average molecular weight is 403 g/mol. The van der Waals surface area contributed by atoms with Gasteiger partial charge in [0.25, 0.3) is 5.91 Å². The molecule has 0 atom stereocenters. The lowest BCUT2D eigenvalue weighted by molar-refractivity contribution is 0.0959. The minimum atomic E-state index is -3.10. The molecular formula is C16H19ClN2O4S2. The van der Waals surface area contributed by atoms with E-state index in [0.29, 0.717) is 26.4 Å². The Morgan fingerprint density at radius 2 is 2.00 bits per heavy atom. The van der Waals surface area contributed by atoms with Gasteiger partial charge in [0.05, 0.1) is 11.4 Å². The first-order valence-electron chi connectivity index (χ1n) is 7.64.